The van der Waals surface area contributed by atoms with Crippen molar-refractivity contribution in [2.24, 2.45) is 0 Å². The van der Waals surface area contributed by atoms with Crippen LogP contribution in [0.2, 0.25) is 0 Å². The number of hydrogen-bond acceptors (Lipinski definition) is 4. The van der Waals surface area contributed by atoms with Gasteiger partial charge in [-0.3, -0.25) is 14.7 Å². The van der Waals surface area contributed by atoms with Crippen LogP contribution in [-0.4, -0.2) is 87.4 Å². The Morgan fingerprint density at radius 3 is 2.76 bits per heavy atom. The van der Waals surface area contributed by atoms with Gasteiger partial charge in [-0.25, -0.2) is 0 Å². The number of aliphatic carboxylic acids is 1. The maximum atomic E-state index is 10.6. The summed E-state index contributed by atoms with van der Waals surface area (Å²) >= 11 is 0. The Hall–Kier alpha value is -0.400. The van der Waals surface area contributed by atoms with Crippen LogP contribution in [0, 0.1) is 0 Å². The number of hydrogen-bond donors (Lipinski definition) is 3. The molecule has 0 aliphatic carbocycles. The summed E-state index contributed by atoms with van der Waals surface area (Å²) in [6.07, 6.45) is 2.53. The zero-order valence-electron chi connectivity index (χ0n) is 9.09. The number of amidine groups is 1. The van der Waals surface area contributed by atoms with Crippen LogP contribution in [0.25, 0.3) is 0 Å². The molecule has 0 fully saturated rings. The summed E-state index contributed by atoms with van der Waals surface area (Å²) in [5, 5.41) is 20.8. The molecule has 4 N–H and O–H groups in total. The first-order valence-corrected chi connectivity index (χ1v) is 4.99. The van der Waals surface area contributed by atoms with E-state index in [0.717, 1.165) is 5.84 Å². The van der Waals surface area contributed by atoms with Gasteiger partial charge in [-0.15, -0.1) is 6.58 Å². The Morgan fingerprint density at radius 1 is 1.65 bits per heavy atom. The van der Waals surface area contributed by atoms with Gasteiger partial charge in [0.25, 0.3) is 0 Å². The van der Waals surface area contributed by atoms with Crippen LogP contribution >= 0.6 is 0 Å². The third kappa shape index (κ3) is 5.65. The van der Waals surface area contributed by atoms with E-state index in [1.165, 1.54) is 0 Å². The largest absolute Gasteiger partial charge is 0.870 e. The smallest absolute Gasteiger partial charge is 0.870 e. The maximum Gasteiger partial charge on any atom is -0.870 e. The Labute approximate surface area is 123 Å². The zero-order valence-corrected chi connectivity index (χ0v) is 9.09. The van der Waals surface area contributed by atoms with Gasteiger partial charge in [0.15, 0.2) is 0 Å². The summed E-state index contributed by atoms with van der Waals surface area (Å²) in [5.74, 6) is 0.134. The van der Waals surface area contributed by atoms with Gasteiger partial charge in [0.1, 0.15) is 19.1 Å². The number of rotatable bonds is 6. The molecule has 0 aromatic heterocycles. The Kier molecular flexibility index (Phi) is 10.7. The second-order valence-corrected chi connectivity index (χ2v) is 3.49. The molecule has 0 aromatic rings. The number of carbonyl (C=O) groups is 1. The first-order chi connectivity index (χ1) is 7.19. The number of aliphatic hydroxyl groups is 1. The summed E-state index contributed by atoms with van der Waals surface area (Å²) < 4.78 is 1.91. The molecule has 1 unspecified atom stereocenters. The number of aliphatic hydroxyl groups excluding tert-OH is 1. The molecule has 94 valence electrons. The van der Waals surface area contributed by atoms with E-state index >= 15 is 0 Å². The summed E-state index contributed by atoms with van der Waals surface area (Å²) in [6.45, 7) is 4.75. The second-order valence-electron chi connectivity index (χ2n) is 3.49. The van der Waals surface area contributed by atoms with Crippen molar-refractivity contribution in [2.45, 2.75) is 18.9 Å². The molecular weight excluding hydrogens is 235 g/mol. The van der Waals surface area contributed by atoms with Crippen LogP contribution < -0.4 is 5.32 Å². The van der Waals surface area contributed by atoms with Crippen LogP contribution in [0.5, 0.6) is 0 Å². The van der Waals surface area contributed by atoms with E-state index in [4.69, 9.17) is 10.2 Å². The first-order valence-electron chi connectivity index (χ1n) is 4.99. The third-order valence-corrected chi connectivity index (χ3v) is 2.42. The number of carboxylic acid groups (broad SMARTS) is 1. The van der Waals surface area contributed by atoms with E-state index in [1.807, 2.05) is 4.58 Å². The van der Waals surface area contributed by atoms with Crippen molar-refractivity contribution in [3.8, 4) is 0 Å². The summed E-state index contributed by atoms with van der Waals surface area (Å²) in [6, 6.07) is -0.0652. The van der Waals surface area contributed by atoms with Crippen molar-refractivity contribution in [3.05, 3.63) is 12.7 Å². The van der Waals surface area contributed by atoms with Crippen LogP contribution in [0.1, 0.15) is 12.8 Å². The van der Waals surface area contributed by atoms with Crippen LogP contribution in [0.15, 0.2) is 12.7 Å². The Morgan fingerprint density at radius 2 is 2.29 bits per heavy atom. The van der Waals surface area contributed by atoms with E-state index < -0.39 is 5.97 Å². The van der Waals surface area contributed by atoms with Crippen molar-refractivity contribution < 1.29 is 25.1 Å². The molecule has 0 spiro atoms. The topological polar surface area (TPSA) is 103 Å². The van der Waals surface area contributed by atoms with Crippen molar-refractivity contribution in [1.29, 1.82) is 0 Å². The van der Waals surface area contributed by atoms with E-state index in [2.05, 4.69) is 11.9 Å². The van der Waals surface area contributed by atoms with Crippen LogP contribution in [0.4, 0.5) is 0 Å². The molecule has 0 radical (unpaired) electrons. The average molecular weight is 254 g/mol. The fraction of sp³-hybridized carbons (Fsp3) is 0.600. The Bertz CT molecular complexity index is 294. The summed E-state index contributed by atoms with van der Waals surface area (Å²) in [4.78, 5) is 10.6. The molecule has 6 nitrogen and oxygen atoms in total. The second kappa shape index (κ2) is 9.61. The molecule has 0 amide bonds. The predicted octanol–water partition coefficient (Wildman–Crippen LogP) is -1.41. The molecule has 0 saturated heterocycles. The number of β-amino-alcohol motifs (C(OH)–C–C–N with tert-alkyl or cyclic N) is 1. The standard InChI is InChI=1S/C10H16N2O3.Na.H2O.H/c1-2-3-9-11-7-8(6-10(14)15)12(9)4-5-13;;;/h2,8,13H,1,3-7H2,(H,14,15);;1H2;. The van der Waals surface area contributed by atoms with E-state index in [-0.39, 0.29) is 54.1 Å². The molecule has 1 atom stereocenters. The molecule has 0 saturated carbocycles. The normalized spacial score (nSPS) is 17.8. The van der Waals surface area contributed by atoms with E-state index in [9.17, 15) is 4.79 Å². The molecule has 0 aromatic carbocycles. The average Bonchev–Trinajstić information content (AvgIpc) is 2.51. The maximum absolute atomic E-state index is 10.6. The molecule has 7 heteroatoms. The van der Waals surface area contributed by atoms with E-state index in [0.29, 0.717) is 19.5 Å². The SMILES string of the molecule is C=CCC1=[N+](CCO)C(CC(=O)O)CN1.[NaH].[OH-]. The third-order valence-electron chi connectivity index (χ3n) is 2.42. The van der Waals surface area contributed by atoms with Gasteiger partial charge in [-0.2, -0.15) is 0 Å². The predicted molar refractivity (Wildman–Crippen MR) is 65.2 cm³/mol. The fourth-order valence-corrected chi connectivity index (χ4v) is 1.80. The van der Waals surface area contributed by atoms with Crippen molar-refractivity contribution in [1.82, 2.24) is 5.32 Å². The monoisotopic (exact) mass is 254 g/mol. The molecule has 0 bridgehead atoms. The molecule has 1 aliphatic heterocycles. The fourth-order valence-electron chi connectivity index (χ4n) is 1.80. The first kappa shape index (κ1) is 19.0. The zero-order chi connectivity index (χ0) is 11.3. The molecule has 1 rings (SSSR count). The van der Waals surface area contributed by atoms with Gasteiger partial charge < -0.3 is 15.7 Å². The van der Waals surface area contributed by atoms with Crippen LogP contribution in [0.3, 0.4) is 0 Å². The molecular formula is C10H19N2NaO4. The molecule has 1 heterocycles. The molecule has 17 heavy (non-hydrogen) atoms. The number of nitrogens with zero attached hydrogens (tertiary/aromatic N) is 1. The van der Waals surface area contributed by atoms with Crippen molar-refractivity contribution in [3.63, 3.8) is 0 Å². The number of nitrogens with one attached hydrogen (secondary N) is 1. The van der Waals surface area contributed by atoms with Gasteiger partial charge in [0.2, 0.25) is 5.84 Å². The van der Waals surface area contributed by atoms with Gasteiger partial charge >= 0.3 is 35.5 Å². The molecule has 1 aliphatic rings. The van der Waals surface area contributed by atoms with Gasteiger partial charge in [-0.1, -0.05) is 6.08 Å². The van der Waals surface area contributed by atoms with Crippen LogP contribution in [-0.2, 0) is 4.79 Å². The van der Waals surface area contributed by atoms with Gasteiger partial charge in [-0.05, 0) is 0 Å². The summed E-state index contributed by atoms with van der Waals surface area (Å²) in [5.41, 5.74) is 0. The van der Waals surface area contributed by atoms with Gasteiger partial charge in [0.05, 0.1) is 19.4 Å². The van der Waals surface area contributed by atoms with Gasteiger partial charge in [0, 0.05) is 0 Å². The summed E-state index contributed by atoms with van der Waals surface area (Å²) in [7, 11) is 0. The number of carboxylic acids is 1. The minimum Gasteiger partial charge on any atom is -0.870 e. The minimum atomic E-state index is -0.815. The van der Waals surface area contributed by atoms with E-state index in [1.54, 1.807) is 6.08 Å². The van der Waals surface area contributed by atoms with Crippen molar-refractivity contribution in [2.75, 3.05) is 19.7 Å². The van der Waals surface area contributed by atoms with Crippen molar-refractivity contribution >= 4 is 41.4 Å². The quantitative estimate of drug-likeness (QED) is 0.307. The Balaban J connectivity index is 0. The minimum absolute atomic E-state index is 0.